The largest absolute Gasteiger partial charge is 0.409 e. The number of nitrogens with two attached hydrogens (primary N) is 1. The lowest BCUT2D eigenvalue weighted by atomic mass is 9.59. The molecule has 2 aliphatic carbocycles. The molecular weight excluding hydrogens is 286 g/mol. The van der Waals surface area contributed by atoms with Crippen LogP contribution in [0.15, 0.2) is 23.4 Å². The van der Waals surface area contributed by atoms with Crippen molar-refractivity contribution in [1.82, 2.24) is 4.90 Å². The number of hydrogen-bond acceptors (Lipinski definition) is 3. The number of oxime groups is 1. The Kier molecular flexibility index (Phi) is 3.41. The van der Waals surface area contributed by atoms with Crippen LogP contribution >= 0.6 is 0 Å². The Morgan fingerprint density at radius 3 is 2.91 bits per heavy atom. The van der Waals surface area contributed by atoms with E-state index in [9.17, 15) is 0 Å². The van der Waals surface area contributed by atoms with Gasteiger partial charge in [-0.1, -0.05) is 31.1 Å². The van der Waals surface area contributed by atoms with E-state index in [1.807, 2.05) is 6.07 Å². The summed E-state index contributed by atoms with van der Waals surface area (Å²) in [5, 5.41) is 12.1. The molecule has 0 spiro atoms. The van der Waals surface area contributed by atoms with Crippen molar-refractivity contribution >= 4 is 5.84 Å². The third-order valence-corrected chi connectivity index (χ3v) is 6.72. The first-order valence-electron chi connectivity index (χ1n) is 8.88. The van der Waals surface area contributed by atoms with E-state index in [1.165, 1.54) is 43.5 Å². The average Bonchev–Trinajstić information content (AvgIpc) is 3.36. The fraction of sp³-hybridized carbons (Fsp3) is 0.632. The Morgan fingerprint density at radius 1 is 1.43 bits per heavy atom. The van der Waals surface area contributed by atoms with Crippen LogP contribution in [-0.4, -0.2) is 35.1 Å². The van der Waals surface area contributed by atoms with Crippen molar-refractivity contribution in [3.63, 3.8) is 0 Å². The molecule has 2 fully saturated rings. The lowest BCUT2D eigenvalue weighted by Crippen LogP contribution is -2.58. The van der Waals surface area contributed by atoms with Crippen LogP contribution < -0.4 is 5.73 Å². The van der Waals surface area contributed by atoms with Crippen LogP contribution in [-0.2, 0) is 11.8 Å². The van der Waals surface area contributed by atoms with Crippen LogP contribution in [0.4, 0.5) is 0 Å². The molecule has 3 atom stereocenters. The van der Waals surface area contributed by atoms with Crippen LogP contribution in [0.1, 0.15) is 49.8 Å². The van der Waals surface area contributed by atoms with Gasteiger partial charge in [0.2, 0.25) is 0 Å². The highest BCUT2D eigenvalue weighted by Crippen LogP contribution is 2.49. The number of hydrogen-bond donors (Lipinski definition) is 2. The SMILES string of the molecule is C[C@@H]1[C@H]2Cc3ccc(C(N)=NO)cc3[C@]1(C)CCN2CC1CC1. The van der Waals surface area contributed by atoms with Crippen LogP contribution in [0.2, 0.25) is 0 Å². The summed E-state index contributed by atoms with van der Waals surface area (Å²) in [7, 11) is 0. The lowest BCUT2D eigenvalue weighted by Gasteiger charge is -2.55. The smallest absolute Gasteiger partial charge is 0.170 e. The molecule has 4 nitrogen and oxygen atoms in total. The highest BCUT2D eigenvalue weighted by Gasteiger charge is 2.49. The van der Waals surface area contributed by atoms with E-state index < -0.39 is 0 Å². The summed E-state index contributed by atoms with van der Waals surface area (Å²) >= 11 is 0. The number of piperidine rings is 1. The Morgan fingerprint density at radius 2 is 2.22 bits per heavy atom. The van der Waals surface area contributed by atoms with E-state index in [1.54, 1.807) is 0 Å². The van der Waals surface area contributed by atoms with Crippen LogP contribution in [0.25, 0.3) is 0 Å². The van der Waals surface area contributed by atoms with E-state index in [2.05, 4.69) is 36.0 Å². The second kappa shape index (κ2) is 5.23. The van der Waals surface area contributed by atoms with E-state index in [0.29, 0.717) is 12.0 Å². The first-order valence-corrected chi connectivity index (χ1v) is 8.88. The molecule has 23 heavy (non-hydrogen) atoms. The minimum atomic E-state index is 0.198. The number of benzene rings is 1. The molecule has 0 amide bonds. The van der Waals surface area contributed by atoms with E-state index in [4.69, 9.17) is 10.9 Å². The zero-order valence-electron chi connectivity index (χ0n) is 14.1. The molecule has 3 N–H and O–H groups in total. The van der Waals surface area contributed by atoms with Gasteiger partial charge in [0.25, 0.3) is 0 Å². The standard InChI is InChI=1S/C19H27N3O/c1-12-17-10-14-5-6-15(18(20)21-23)9-16(14)19(12,2)7-8-22(17)11-13-3-4-13/h5-6,9,12-13,17,23H,3-4,7-8,10-11H2,1-2H3,(H2,20,21)/t12-,17-,19-/m1/s1. The summed E-state index contributed by atoms with van der Waals surface area (Å²) < 4.78 is 0. The lowest BCUT2D eigenvalue weighted by molar-refractivity contribution is 0.0284. The monoisotopic (exact) mass is 313 g/mol. The predicted octanol–water partition coefficient (Wildman–Crippen LogP) is 2.72. The fourth-order valence-corrected chi connectivity index (χ4v) is 4.78. The normalized spacial score (nSPS) is 34.3. The second-order valence-electron chi connectivity index (χ2n) is 8.02. The van der Waals surface area contributed by atoms with Crippen molar-refractivity contribution in [2.24, 2.45) is 22.7 Å². The van der Waals surface area contributed by atoms with Gasteiger partial charge in [0.15, 0.2) is 5.84 Å². The first-order chi connectivity index (χ1) is 11.0. The maximum atomic E-state index is 8.97. The molecule has 1 saturated carbocycles. The average molecular weight is 313 g/mol. The summed E-state index contributed by atoms with van der Waals surface area (Å²) in [6.45, 7) is 7.33. The molecule has 1 aromatic carbocycles. The Labute approximate surface area is 138 Å². The topological polar surface area (TPSA) is 61.9 Å². The maximum Gasteiger partial charge on any atom is 0.170 e. The summed E-state index contributed by atoms with van der Waals surface area (Å²) in [5.41, 5.74) is 9.70. The molecule has 1 heterocycles. The van der Waals surface area contributed by atoms with E-state index >= 15 is 0 Å². The summed E-state index contributed by atoms with van der Waals surface area (Å²) in [6.07, 6.45) is 5.18. The van der Waals surface area contributed by atoms with Crippen molar-refractivity contribution in [2.45, 2.75) is 51.0 Å². The molecule has 0 radical (unpaired) electrons. The minimum Gasteiger partial charge on any atom is -0.409 e. The van der Waals surface area contributed by atoms with Crippen LogP contribution in [0.5, 0.6) is 0 Å². The van der Waals surface area contributed by atoms with Gasteiger partial charge in [-0.25, -0.2) is 0 Å². The van der Waals surface area contributed by atoms with Crippen molar-refractivity contribution in [3.05, 3.63) is 34.9 Å². The minimum absolute atomic E-state index is 0.198. The number of nitrogens with zero attached hydrogens (tertiary/aromatic N) is 2. The van der Waals surface area contributed by atoms with E-state index in [-0.39, 0.29) is 11.3 Å². The second-order valence-corrected chi connectivity index (χ2v) is 8.02. The molecule has 4 rings (SSSR count). The third-order valence-electron chi connectivity index (χ3n) is 6.72. The highest BCUT2D eigenvalue weighted by atomic mass is 16.4. The first kappa shape index (κ1) is 15.0. The van der Waals surface area contributed by atoms with Crippen molar-refractivity contribution in [1.29, 1.82) is 0 Å². The van der Waals surface area contributed by atoms with Gasteiger partial charge < -0.3 is 10.9 Å². The Hall–Kier alpha value is -1.55. The molecule has 1 aliphatic heterocycles. The molecule has 1 aromatic rings. The molecule has 3 aliphatic rings. The van der Waals surface area contributed by atoms with Gasteiger partial charge in [-0.15, -0.1) is 0 Å². The molecule has 1 saturated heterocycles. The predicted molar refractivity (Wildman–Crippen MR) is 91.9 cm³/mol. The maximum absolute atomic E-state index is 8.97. The van der Waals surface area contributed by atoms with Gasteiger partial charge >= 0.3 is 0 Å². The van der Waals surface area contributed by atoms with Gasteiger partial charge in [0, 0.05) is 18.2 Å². The van der Waals surface area contributed by atoms with Crippen molar-refractivity contribution in [2.75, 3.05) is 13.1 Å². The van der Waals surface area contributed by atoms with Crippen molar-refractivity contribution < 1.29 is 5.21 Å². The molecule has 0 aromatic heterocycles. The molecule has 4 heteroatoms. The Balaban J connectivity index is 1.71. The fourth-order valence-electron chi connectivity index (χ4n) is 4.78. The molecule has 2 bridgehead atoms. The number of likely N-dealkylation sites (tertiary alicyclic amines) is 1. The Bertz CT molecular complexity index is 652. The van der Waals surface area contributed by atoms with Crippen molar-refractivity contribution in [3.8, 4) is 0 Å². The zero-order chi connectivity index (χ0) is 16.2. The summed E-state index contributed by atoms with van der Waals surface area (Å²) in [6, 6.07) is 7.01. The third kappa shape index (κ3) is 2.35. The number of amidine groups is 1. The highest BCUT2D eigenvalue weighted by molar-refractivity contribution is 5.97. The number of rotatable bonds is 3. The van der Waals surface area contributed by atoms with Gasteiger partial charge in [0.1, 0.15) is 0 Å². The van der Waals surface area contributed by atoms with Gasteiger partial charge in [-0.3, -0.25) is 4.90 Å². The summed E-state index contributed by atoms with van der Waals surface area (Å²) in [4.78, 5) is 2.75. The van der Waals surface area contributed by atoms with Gasteiger partial charge in [0.05, 0.1) is 0 Å². The summed E-state index contributed by atoms with van der Waals surface area (Å²) in [5.74, 6) is 1.80. The molecule has 124 valence electrons. The van der Waals surface area contributed by atoms with Crippen LogP contribution in [0, 0.1) is 11.8 Å². The van der Waals surface area contributed by atoms with Crippen LogP contribution in [0.3, 0.4) is 0 Å². The quantitative estimate of drug-likeness (QED) is 0.390. The van der Waals surface area contributed by atoms with Gasteiger partial charge in [-0.2, -0.15) is 0 Å². The van der Waals surface area contributed by atoms with Gasteiger partial charge in [-0.05, 0) is 66.7 Å². The number of fused-ring (bicyclic) bond motifs is 4. The molecule has 0 unspecified atom stereocenters. The van der Waals surface area contributed by atoms with E-state index in [0.717, 1.165) is 17.9 Å². The zero-order valence-corrected chi connectivity index (χ0v) is 14.1. The molecular formula is C19H27N3O.